The highest BCUT2D eigenvalue weighted by atomic mass is 16.3. The third-order valence-electron chi connectivity index (χ3n) is 1.92. The third-order valence-corrected chi connectivity index (χ3v) is 1.92. The normalized spacial score (nSPS) is 11.2. The first-order valence-corrected chi connectivity index (χ1v) is 4.24. The minimum atomic E-state index is -0.403. The van der Waals surface area contributed by atoms with Gasteiger partial charge < -0.3 is 15.8 Å². The van der Waals surface area contributed by atoms with Gasteiger partial charge in [0.25, 0.3) is 0 Å². The molecule has 6 heteroatoms. The van der Waals surface area contributed by atoms with Crippen LogP contribution in [0.1, 0.15) is 0 Å². The van der Waals surface area contributed by atoms with E-state index in [1.165, 1.54) is 0 Å². The van der Waals surface area contributed by atoms with Crippen LogP contribution in [-0.4, -0.2) is 16.1 Å². The summed E-state index contributed by atoms with van der Waals surface area (Å²) in [6.07, 6.45) is 0. The number of rotatable bonds is 1. The molecule has 0 spiro atoms. The highest BCUT2D eigenvalue weighted by Gasteiger charge is 2.08. The molecule has 2 aromatic rings. The summed E-state index contributed by atoms with van der Waals surface area (Å²) in [6.45, 7) is 0. The number of aromatic hydroxyl groups is 1. The average molecular weight is 203 g/mol. The van der Waals surface area contributed by atoms with Crippen molar-refractivity contribution in [1.82, 2.24) is 4.98 Å². The molecule has 76 valence electrons. The van der Waals surface area contributed by atoms with E-state index in [9.17, 15) is 5.11 Å². The quantitative estimate of drug-likeness (QED) is 0.322. The molecular formula is C9H9N5O. The van der Waals surface area contributed by atoms with Gasteiger partial charge in [0.05, 0.1) is 5.52 Å². The van der Waals surface area contributed by atoms with E-state index in [-0.39, 0.29) is 5.88 Å². The maximum atomic E-state index is 9.53. The van der Waals surface area contributed by atoms with Crippen molar-refractivity contribution in [3.05, 3.63) is 24.3 Å². The van der Waals surface area contributed by atoms with Crippen LogP contribution in [-0.2, 0) is 0 Å². The summed E-state index contributed by atoms with van der Waals surface area (Å²) < 4.78 is 0. The van der Waals surface area contributed by atoms with Crippen LogP contribution in [0.15, 0.2) is 34.5 Å². The molecule has 2 rings (SSSR count). The molecule has 0 bridgehead atoms. The van der Waals surface area contributed by atoms with Gasteiger partial charge in [-0.25, -0.2) is 0 Å². The monoisotopic (exact) mass is 203 g/mol. The van der Waals surface area contributed by atoms with Crippen LogP contribution in [0, 0.1) is 5.41 Å². The maximum Gasteiger partial charge on any atom is 0.232 e. The van der Waals surface area contributed by atoms with Gasteiger partial charge in [0.2, 0.25) is 11.8 Å². The fourth-order valence-electron chi connectivity index (χ4n) is 1.32. The number of aromatic amines is 1. The van der Waals surface area contributed by atoms with Gasteiger partial charge in [0.15, 0.2) is 5.69 Å². The number of azo groups is 1. The summed E-state index contributed by atoms with van der Waals surface area (Å²) in [5.41, 5.74) is 6.08. The summed E-state index contributed by atoms with van der Waals surface area (Å²) in [6, 6.07) is 7.26. The van der Waals surface area contributed by atoms with E-state index in [4.69, 9.17) is 11.1 Å². The molecule has 0 saturated carbocycles. The van der Waals surface area contributed by atoms with E-state index in [0.717, 1.165) is 10.9 Å². The molecule has 0 atom stereocenters. The lowest BCUT2D eigenvalue weighted by Gasteiger charge is -1.89. The number of H-pyrrole nitrogens is 1. The lowest BCUT2D eigenvalue weighted by molar-refractivity contribution is 0.459. The zero-order valence-electron chi connectivity index (χ0n) is 7.73. The first kappa shape index (κ1) is 9.20. The molecule has 1 aromatic carbocycles. The highest BCUT2D eigenvalue weighted by Crippen LogP contribution is 2.34. The van der Waals surface area contributed by atoms with Gasteiger partial charge in [0.1, 0.15) is 0 Å². The van der Waals surface area contributed by atoms with Crippen LogP contribution in [0.3, 0.4) is 0 Å². The van der Waals surface area contributed by atoms with Crippen LogP contribution >= 0.6 is 0 Å². The molecule has 15 heavy (non-hydrogen) atoms. The SMILES string of the molecule is N=C(N)N=Nc1c(O)[nH]c2ccccc12. The largest absolute Gasteiger partial charge is 0.493 e. The number of hydrogen-bond donors (Lipinski definition) is 4. The Morgan fingerprint density at radius 1 is 1.40 bits per heavy atom. The molecule has 0 saturated heterocycles. The summed E-state index contributed by atoms with van der Waals surface area (Å²) in [5.74, 6) is -0.485. The van der Waals surface area contributed by atoms with Gasteiger partial charge in [-0.15, -0.1) is 10.2 Å². The summed E-state index contributed by atoms with van der Waals surface area (Å²) >= 11 is 0. The number of nitrogens with two attached hydrogens (primary N) is 1. The molecule has 0 amide bonds. The number of fused-ring (bicyclic) bond motifs is 1. The van der Waals surface area contributed by atoms with Crippen LogP contribution in [0.25, 0.3) is 10.9 Å². The van der Waals surface area contributed by atoms with E-state index in [1.54, 1.807) is 6.07 Å². The first-order valence-electron chi connectivity index (χ1n) is 4.24. The van der Waals surface area contributed by atoms with Crippen LogP contribution in [0.2, 0.25) is 0 Å². The van der Waals surface area contributed by atoms with Gasteiger partial charge in [-0.05, 0) is 6.07 Å². The predicted octanol–water partition coefficient (Wildman–Crippen LogP) is 1.85. The zero-order chi connectivity index (χ0) is 10.8. The first-order chi connectivity index (χ1) is 7.18. The maximum absolute atomic E-state index is 9.53. The minimum absolute atomic E-state index is 0.0822. The molecule has 1 aromatic heterocycles. The van der Waals surface area contributed by atoms with Gasteiger partial charge in [-0.3, -0.25) is 5.41 Å². The Labute approximate surface area is 85.0 Å². The van der Waals surface area contributed by atoms with E-state index in [0.29, 0.717) is 5.69 Å². The third kappa shape index (κ3) is 1.64. The number of benzene rings is 1. The standard InChI is InChI=1S/C9H9N5O/c10-9(11)14-13-7-5-3-1-2-4-6(5)12-8(7)15/h1-4,12,15H,(H3,10,11). The Balaban J connectivity index is 2.59. The van der Waals surface area contributed by atoms with Gasteiger partial charge in [-0.1, -0.05) is 18.2 Å². The second-order valence-electron chi connectivity index (χ2n) is 2.95. The Morgan fingerprint density at radius 2 is 2.13 bits per heavy atom. The summed E-state index contributed by atoms with van der Waals surface area (Å²) in [5, 5.41) is 24.2. The van der Waals surface area contributed by atoms with Crippen molar-refractivity contribution in [1.29, 1.82) is 5.41 Å². The topological polar surface area (TPSA) is 111 Å². The minimum Gasteiger partial charge on any atom is -0.493 e. The lowest BCUT2D eigenvalue weighted by atomic mass is 10.2. The Hall–Kier alpha value is -2.37. The predicted molar refractivity (Wildman–Crippen MR) is 56.4 cm³/mol. The fourth-order valence-corrected chi connectivity index (χ4v) is 1.32. The van der Waals surface area contributed by atoms with Crippen molar-refractivity contribution in [2.45, 2.75) is 0 Å². The number of hydrogen-bond acceptors (Lipinski definition) is 3. The van der Waals surface area contributed by atoms with Crippen molar-refractivity contribution in [2.24, 2.45) is 16.0 Å². The summed E-state index contributed by atoms with van der Waals surface area (Å²) in [4.78, 5) is 2.74. The number of aromatic nitrogens is 1. The van der Waals surface area contributed by atoms with Crippen molar-refractivity contribution in [3.8, 4) is 5.88 Å². The van der Waals surface area contributed by atoms with Crippen molar-refractivity contribution < 1.29 is 5.11 Å². The van der Waals surface area contributed by atoms with Crippen molar-refractivity contribution in [2.75, 3.05) is 0 Å². The fraction of sp³-hybridized carbons (Fsp3) is 0. The van der Waals surface area contributed by atoms with E-state index >= 15 is 0 Å². The second kappa shape index (κ2) is 3.41. The molecule has 5 N–H and O–H groups in total. The van der Waals surface area contributed by atoms with Crippen molar-refractivity contribution in [3.63, 3.8) is 0 Å². The molecule has 0 aliphatic carbocycles. The van der Waals surface area contributed by atoms with Gasteiger partial charge >= 0.3 is 0 Å². The lowest BCUT2D eigenvalue weighted by Crippen LogP contribution is -2.03. The van der Waals surface area contributed by atoms with E-state index in [1.807, 2.05) is 18.2 Å². The van der Waals surface area contributed by atoms with Crippen LogP contribution < -0.4 is 5.73 Å². The second-order valence-corrected chi connectivity index (χ2v) is 2.95. The number of guanidine groups is 1. The Bertz CT molecular complexity index is 542. The average Bonchev–Trinajstić information content (AvgIpc) is 2.50. The van der Waals surface area contributed by atoms with Crippen molar-refractivity contribution >= 4 is 22.5 Å². The number of nitrogens with one attached hydrogen (secondary N) is 2. The zero-order valence-corrected chi connectivity index (χ0v) is 7.73. The molecule has 1 heterocycles. The molecule has 0 radical (unpaired) electrons. The molecule has 0 aliphatic rings. The molecule has 0 aliphatic heterocycles. The van der Waals surface area contributed by atoms with E-state index < -0.39 is 5.96 Å². The van der Waals surface area contributed by atoms with E-state index in [2.05, 4.69) is 15.2 Å². The van der Waals surface area contributed by atoms with Crippen LogP contribution in [0.4, 0.5) is 5.69 Å². The smallest absolute Gasteiger partial charge is 0.232 e. The Kier molecular flexibility index (Phi) is 2.09. The van der Waals surface area contributed by atoms with Gasteiger partial charge in [-0.2, -0.15) is 0 Å². The van der Waals surface area contributed by atoms with Crippen LogP contribution in [0.5, 0.6) is 5.88 Å². The molecular weight excluding hydrogens is 194 g/mol. The molecule has 6 nitrogen and oxygen atoms in total. The molecule has 0 fully saturated rings. The molecule has 0 unspecified atom stereocenters. The Morgan fingerprint density at radius 3 is 2.87 bits per heavy atom. The highest BCUT2D eigenvalue weighted by molar-refractivity contribution is 5.94. The number of para-hydroxylation sites is 1. The van der Waals surface area contributed by atoms with Gasteiger partial charge in [0, 0.05) is 5.39 Å². The number of nitrogens with zero attached hydrogens (tertiary/aromatic N) is 2. The summed E-state index contributed by atoms with van der Waals surface area (Å²) in [7, 11) is 0.